The number of rotatable bonds is 8. The van der Waals surface area contributed by atoms with Crippen molar-refractivity contribution in [1.82, 2.24) is 9.97 Å². The minimum Gasteiger partial charge on any atom is -0.340 e. The molecule has 12 nitrogen and oxygen atoms in total. The summed E-state index contributed by atoms with van der Waals surface area (Å²) in [6.45, 7) is 3.86. The number of hydrogen-bond acceptors (Lipinski definition) is 9. The molecule has 0 saturated carbocycles. The number of carbonyl (C=O) groups is 1. The van der Waals surface area contributed by atoms with Crippen molar-refractivity contribution in [3.8, 4) is 0 Å². The Morgan fingerprint density at radius 1 is 0.730 bits per heavy atom. The van der Waals surface area contributed by atoms with Crippen LogP contribution in [-0.4, -0.2) is 25.7 Å². The third kappa shape index (κ3) is 6.39. The van der Waals surface area contributed by atoms with Crippen molar-refractivity contribution in [2.45, 2.75) is 13.8 Å². The summed E-state index contributed by atoms with van der Waals surface area (Å²) in [6, 6.07) is 19.0. The lowest BCUT2D eigenvalue weighted by atomic mass is 10.1. The molecule has 0 aliphatic heterocycles. The van der Waals surface area contributed by atoms with Crippen LogP contribution < -0.4 is 16.0 Å². The predicted octanol–water partition coefficient (Wildman–Crippen LogP) is 5.65. The third-order valence-electron chi connectivity index (χ3n) is 5.16. The maximum atomic E-state index is 12.6. The van der Waals surface area contributed by atoms with Crippen LogP contribution in [-0.2, 0) is 0 Å². The molecule has 0 aliphatic rings. The number of carbonyl (C=O) groups excluding carboxylic acids is 1. The van der Waals surface area contributed by atoms with E-state index in [1.165, 1.54) is 0 Å². The zero-order valence-electron chi connectivity index (χ0n) is 19.8. The quantitative estimate of drug-likeness (QED) is 0.205. The molecule has 1 aromatic heterocycles. The zero-order chi connectivity index (χ0) is 26.5. The maximum absolute atomic E-state index is 12.6. The second-order valence-corrected chi connectivity index (χ2v) is 8.12. The van der Waals surface area contributed by atoms with E-state index in [1.54, 1.807) is 30.3 Å². The highest BCUT2D eigenvalue weighted by molar-refractivity contribution is 6.05. The summed E-state index contributed by atoms with van der Waals surface area (Å²) in [4.78, 5) is 42.1. The molecule has 1 amide bonds. The van der Waals surface area contributed by atoms with E-state index >= 15 is 0 Å². The van der Waals surface area contributed by atoms with Crippen LogP contribution in [0.15, 0.2) is 72.8 Å². The molecule has 186 valence electrons. The Hall–Kier alpha value is -5.39. The van der Waals surface area contributed by atoms with Gasteiger partial charge in [0.2, 0.25) is 5.95 Å². The number of benzene rings is 3. The first-order chi connectivity index (χ1) is 17.7. The molecule has 0 fully saturated rings. The minimum atomic E-state index is -0.791. The summed E-state index contributed by atoms with van der Waals surface area (Å²) in [5.74, 6) is 0.273. The summed E-state index contributed by atoms with van der Waals surface area (Å²) in [5, 5.41) is 31.1. The van der Waals surface area contributed by atoms with E-state index < -0.39 is 27.1 Å². The Kier molecular flexibility index (Phi) is 7.00. The second kappa shape index (κ2) is 10.5. The molecule has 3 N–H and O–H groups in total. The highest BCUT2D eigenvalue weighted by Crippen LogP contribution is 2.25. The molecule has 4 aromatic rings. The first-order valence-corrected chi connectivity index (χ1v) is 11.0. The Morgan fingerprint density at radius 2 is 1.27 bits per heavy atom. The van der Waals surface area contributed by atoms with Crippen molar-refractivity contribution in [1.29, 1.82) is 0 Å². The fourth-order valence-corrected chi connectivity index (χ4v) is 3.38. The molecule has 0 atom stereocenters. The van der Waals surface area contributed by atoms with Gasteiger partial charge in [-0.25, -0.2) is 4.98 Å². The van der Waals surface area contributed by atoms with E-state index in [2.05, 4.69) is 25.9 Å². The number of nitro groups is 2. The Labute approximate surface area is 210 Å². The van der Waals surface area contributed by atoms with Gasteiger partial charge in [-0.3, -0.25) is 25.0 Å². The number of aromatic nitrogens is 2. The van der Waals surface area contributed by atoms with E-state index in [1.807, 2.05) is 38.1 Å². The van der Waals surface area contributed by atoms with Crippen molar-refractivity contribution in [3.63, 3.8) is 0 Å². The van der Waals surface area contributed by atoms with Crippen molar-refractivity contribution >= 4 is 46.1 Å². The van der Waals surface area contributed by atoms with E-state index in [-0.39, 0.29) is 5.56 Å². The number of nitrogens with one attached hydrogen (secondary N) is 3. The van der Waals surface area contributed by atoms with Gasteiger partial charge >= 0.3 is 0 Å². The van der Waals surface area contributed by atoms with Gasteiger partial charge in [0.1, 0.15) is 5.82 Å². The van der Waals surface area contributed by atoms with E-state index in [4.69, 9.17) is 0 Å². The first kappa shape index (κ1) is 24.7. The maximum Gasteiger partial charge on any atom is 0.277 e. The predicted molar refractivity (Wildman–Crippen MR) is 139 cm³/mol. The van der Waals surface area contributed by atoms with Crippen molar-refractivity contribution in [2.75, 3.05) is 16.0 Å². The van der Waals surface area contributed by atoms with Gasteiger partial charge < -0.3 is 16.0 Å². The highest BCUT2D eigenvalue weighted by atomic mass is 16.6. The van der Waals surface area contributed by atoms with Gasteiger partial charge in [0.05, 0.1) is 21.5 Å². The first-order valence-electron chi connectivity index (χ1n) is 11.0. The molecule has 3 aromatic carbocycles. The van der Waals surface area contributed by atoms with Gasteiger partial charge in [-0.2, -0.15) is 4.98 Å². The van der Waals surface area contributed by atoms with Gasteiger partial charge in [-0.1, -0.05) is 17.7 Å². The Morgan fingerprint density at radius 3 is 1.86 bits per heavy atom. The number of amides is 1. The van der Waals surface area contributed by atoms with Crippen molar-refractivity contribution in [3.05, 3.63) is 110 Å². The van der Waals surface area contributed by atoms with Crippen LogP contribution in [0.1, 0.15) is 21.6 Å². The molecular formula is C25H21N7O5. The number of aryl methyl sites for hydroxylation is 2. The van der Waals surface area contributed by atoms with E-state index in [0.29, 0.717) is 23.1 Å². The lowest BCUT2D eigenvalue weighted by Gasteiger charge is -2.11. The summed E-state index contributed by atoms with van der Waals surface area (Å²) in [7, 11) is 0. The molecule has 4 rings (SSSR count). The SMILES string of the molecule is Cc1ccc(Nc2nc(C)cc(Nc3ccc(NC(=O)c4cc([N+](=O)[O-])cc([N+](=O)[O-])c4)cc3)n2)cc1. The molecule has 0 unspecified atom stereocenters. The summed E-state index contributed by atoms with van der Waals surface area (Å²) >= 11 is 0. The number of hydrogen-bond donors (Lipinski definition) is 3. The van der Waals surface area contributed by atoms with Crippen LogP contribution >= 0.6 is 0 Å². The highest BCUT2D eigenvalue weighted by Gasteiger charge is 2.20. The molecule has 0 spiro atoms. The van der Waals surface area contributed by atoms with Gasteiger partial charge in [-0.05, 0) is 50.2 Å². The fourth-order valence-electron chi connectivity index (χ4n) is 3.38. The lowest BCUT2D eigenvalue weighted by molar-refractivity contribution is -0.394. The van der Waals surface area contributed by atoms with Crippen LogP contribution in [0.5, 0.6) is 0 Å². The number of non-ortho nitro benzene ring substituents is 2. The smallest absolute Gasteiger partial charge is 0.277 e. The molecule has 1 heterocycles. The molecule has 0 aliphatic carbocycles. The fraction of sp³-hybridized carbons (Fsp3) is 0.0800. The van der Waals surface area contributed by atoms with E-state index in [9.17, 15) is 25.0 Å². The summed E-state index contributed by atoms with van der Waals surface area (Å²) in [6.07, 6.45) is 0. The van der Waals surface area contributed by atoms with Crippen LogP contribution in [0.4, 0.5) is 40.2 Å². The average Bonchev–Trinajstić information content (AvgIpc) is 2.86. The van der Waals surface area contributed by atoms with Crippen molar-refractivity contribution in [2.24, 2.45) is 0 Å². The normalized spacial score (nSPS) is 10.4. The summed E-state index contributed by atoms with van der Waals surface area (Å²) < 4.78 is 0. The number of anilines is 5. The van der Waals surface area contributed by atoms with Gasteiger partial charge in [0, 0.05) is 41.0 Å². The minimum absolute atomic E-state index is 0.201. The average molecular weight is 499 g/mol. The van der Waals surface area contributed by atoms with Gasteiger partial charge in [0.15, 0.2) is 0 Å². The topological polar surface area (TPSA) is 165 Å². The molecule has 0 bridgehead atoms. The third-order valence-corrected chi connectivity index (χ3v) is 5.16. The second-order valence-electron chi connectivity index (χ2n) is 8.12. The molecule has 0 radical (unpaired) electrons. The van der Waals surface area contributed by atoms with Gasteiger partial charge in [-0.15, -0.1) is 0 Å². The van der Waals surface area contributed by atoms with Gasteiger partial charge in [0.25, 0.3) is 17.3 Å². The van der Waals surface area contributed by atoms with Crippen LogP contribution in [0.2, 0.25) is 0 Å². The van der Waals surface area contributed by atoms with Crippen LogP contribution in [0, 0.1) is 34.1 Å². The number of nitrogens with zero attached hydrogens (tertiary/aromatic N) is 4. The van der Waals surface area contributed by atoms with E-state index in [0.717, 1.165) is 35.1 Å². The molecule has 0 saturated heterocycles. The Balaban J connectivity index is 1.46. The standard InChI is InChI=1S/C25H21N7O5/c1-15-3-5-20(6-4-15)29-25-26-16(2)11-23(30-25)27-18-7-9-19(10-8-18)28-24(33)17-12-21(31(34)35)14-22(13-17)32(36)37/h3-14H,1-2H3,(H,28,33)(H2,26,27,29,30). The monoisotopic (exact) mass is 499 g/mol. The zero-order valence-corrected chi connectivity index (χ0v) is 19.8. The Bertz CT molecular complexity index is 1460. The lowest BCUT2D eigenvalue weighted by Crippen LogP contribution is -2.12. The summed E-state index contributed by atoms with van der Waals surface area (Å²) in [5.41, 5.74) is 2.54. The largest absolute Gasteiger partial charge is 0.340 e. The number of nitro benzene ring substituents is 2. The van der Waals surface area contributed by atoms with Crippen molar-refractivity contribution < 1.29 is 14.6 Å². The van der Waals surface area contributed by atoms with Crippen LogP contribution in [0.3, 0.4) is 0 Å². The van der Waals surface area contributed by atoms with Crippen LogP contribution in [0.25, 0.3) is 0 Å². The molecular weight excluding hydrogens is 478 g/mol. The molecule has 12 heteroatoms. The molecule has 37 heavy (non-hydrogen) atoms.